The van der Waals surface area contributed by atoms with Crippen LogP contribution < -0.4 is 4.74 Å². The Hall–Kier alpha value is -1.88. The van der Waals surface area contributed by atoms with Gasteiger partial charge in [0.1, 0.15) is 5.75 Å². The summed E-state index contributed by atoms with van der Waals surface area (Å²) in [6, 6.07) is 2.63. The van der Waals surface area contributed by atoms with Gasteiger partial charge in [-0.15, -0.1) is 0 Å². The second-order valence-electron chi connectivity index (χ2n) is 8.00. The quantitative estimate of drug-likeness (QED) is 0.152. The van der Waals surface area contributed by atoms with Gasteiger partial charge in [0, 0.05) is 38.4 Å². The number of methoxy groups -OCH3 is 1. The van der Waals surface area contributed by atoms with Gasteiger partial charge in [0.2, 0.25) is 5.60 Å². The number of halogens is 3. The van der Waals surface area contributed by atoms with Gasteiger partial charge in [-0.25, -0.2) is 4.99 Å². The Morgan fingerprint density at radius 2 is 1.79 bits per heavy atom. The van der Waals surface area contributed by atoms with E-state index in [2.05, 4.69) is 4.99 Å². The molecule has 7 nitrogen and oxygen atoms in total. The van der Waals surface area contributed by atoms with E-state index in [1.807, 2.05) is 32.7 Å². The van der Waals surface area contributed by atoms with Gasteiger partial charge in [-0.3, -0.25) is 0 Å². The monoisotopic (exact) mass is 492 g/mol. The molecule has 1 N–H and O–H groups in total. The van der Waals surface area contributed by atoms with Crippen LogP contribution in [0.2, 0.25) is 0 Å². The fourth-order valence-corrected chi connectivity index (χ4v) is 2.99. The Bertz CT molecular complexity index is 761. The van der Waals surface area contributed by atoms with Crippen LogP contribution in [0.25, 0.3) is 0 Å². The van der Waals surface area contributed by atoms with Gasteiger partial charge in [0.05, 0.1) is 32.3 Å². The van der Waals surface area contributed by atoms with Crippen molar-refractivity contribution in [3.8, 4) is 5.75 Å². The van der Waals surface area contributed by atoms with Crippen molar-refractivity contribution in [3.05, 3.63) is 23.3 Å². The molecule has 0 radical (unpaired) electrons. The maximum Gasteiger partial charge on any atom is 0.423 e. The molecule has 1 rings (SSSR count). The summed E-state index contributed by atoms with van der Waals surface area (Å²) < 4.78 is 63.6. The summed E-state index contributed by atoms with van der Waals surface area (Å²) in [5, 5.41) is 10.8. The molecular formula is C24H39F3N2O5. The summed E-state index contributed by atoms with van der Waals surface area (Å²) in [6.07, 6.45) is -1.86. The molecule has 0 bridgehead atoms. The van der Waals surface area contributed by atoms with E-state index < -0.39 is 23.9 Å². The Morgan fingerprint density at radius 1 is 1.12 bits per heavy atom. The number of hydrogen-bond acceptors (Lipinski definition) is 6. The van der Waals surface area contributed by atoms with Crippen LogP contribution in [0.1, 0.15) is 51.2 Å². The lowest BCUT2D eigenvalue weighted by Crippen LogP contribution is -2.46. The standard InChI is InChI=1S/C24H39F3N2O5/c1-7-11-33-22(8-2)34-13-10-12-32-16-23(30,24(25,26)27)19-14-18(4)20(15-21(19)31-6)28-17-29(5)9-3/h14-15,17,22,30H,7-13,16H2,1-6H3/b28-17+. The van der Waals surface area contributed by atoms with Crippen LogP contribution in [0.15, 0.2) is 17.1 Å². The Balaban J connectivity index is 2.93. The second kappa shape index (κ2) is 14.5. The molecule has 0 aliphatic heterocycles. The third kappa shape index (κ3) is 8.72. The first-order valence-corrected chi connectivity index (χ1v) is 11.6. The van der Waals surface area contributed by atoms with Crippen molar-refractivity contribution in [2.24, 2.45) is 4.99 Å². The zero-order chi connectivity index (χ0) is 25.8. The molecule has 34 heavy (non-hydrogen) atoms. The van der Waals surface area contributed by atoms with Gasteiger partial charge in [0.25, 0.3) is 0 Å². The van der Waals surface area contributed by atoms with Gasteiger partial charge >= 0.3 is 6.18 Å². The summed E-state index contributed by atoms with van der Waals surface area (Å²) in [7, 11) is 3.08. The lowest BCUT2D eigenvalue weighted by Gasteiger charge is -2.32. The molecule has 1 aromatic carbocycles. The van der Waals surface area contributed by atoms with E-state index in [-0.39, 0.29) is 25.3 Å². The maximum absolute atomic E-state index is 14.0. The third-order valence-electron chi connectivity index (χ3n) is 5.21. The van der Waals surface area contributed by atoms with E-state index in [0.717, 1.165) is 13.0 Å². The van der Waals surface area contributed by atoms with E-state index >= 15 is 0 Å². The van der Waals surface area contributed by atoms with E-state index in [9.17, 15) is 18.3 Å². The van der Waals surface area contributed by atoms with Gasteiger partial charge in [-0.2, -0.15) is 13.2 Å². The van der Waals surface area contributed by atoms with E-state index in [1.165, 1.54) is 19.2 Å². The van der Waals surface area contributed by atoms with E-state index in [0.29, 0.717) is 30.7 Å². The number of ether oxygens (including phenoxy) is 4. The lowest BCUT2D eigenvalue weighted by molar-refractivity contribution is -0.282. The number of aryl methyl sites for hydroxylation is 1. The molecule has 0 aliphatic rings. The van der Waals surface area contributed by atoms with Crippen LogP contribution in [0.3, 0.4) is 0 Å². The normalized spacial score (nSPS) is 14.9. The Morgan fingerprint density at radius 3 is 2.35 bits per heavy atom. The molecule has 196 valence electrons. The minimum absolute atomic E-state index is 0.0182. The number of rotatable bonds is 16. The van der Waals surface area contributed by atoms with Gasteiger partial charge in [0.15, 0.2) is 6.29 Å². The number of aliphatic hydroxyl groups is 1. The van der Waals surface area contributed by atoms with Crippen molar-refractivity contribution in [3.63, 3.8) is 0 Å². The molecule has 0 aromatic heterocycles. The minimum atomic E-state index is -4.99. The molecular weight excluding hydrogens is 453 g/mol. The smallest absolute Gasteiger partial charge is 0.423 e. The Labute approximate surface area is 200 Å². The number of aliphatic imine (C=N–C) groups is 1. The third-order valence-corrected chi connectivity index (χ3v) is 5.21. The van der Waals surface area contributed by atoms with E-state index in [1.54, 1.807) is 13.3 Å². The Kier molecular flexibility index (Phi) is 12.9. The summed E-state index contributed by atoms with van der Waals surface area (Å²) in [6.45, 7) is 8.06. The predicted molar refractivity (Wildman–Crippen MR) is 126 cm³/mol. The average molecular weight is 493 g/mol. The highest BCUT2D eigenvalue weighted by atomic mass is 19.4. The number of benzene rings is 1. The summed E-state index contributed by atoms with van der Waals surface area (Å²) >= 11 is 0. The molecule has 10 heteroatoms. The molecule has 2 atom stereocenters. The molecule has 0 spiro atoms. The number of alkyl halides is 3. The highest BCUT2D eigenvalue weighted by molar-refractivity contribution is 5.65. The highest BCUT2D eigenvalue weighted by Gasteiger charge is 2.56. The van der Waals surface area contributed by atoms with Crippen LogP contribution in [0, 0.1) is 6.92 Å². The predicted octanol–water partition coefficient (Wildman–Crippen LogP) is 4.95. The van der Waals surface area contributed by atoms with Crippen LogP contribution in [-0.2, 0) is 19.8 Å². The maximum atomic E-state index is 14.0. The first kappa shape index (κ1) is 30.2. The molecule has 0 saturated heterocycles. The molecule has 0 aliphatic carbocycles. The second-order valence-corrected chi connectivity index (χ2v) is 8.00. The molecule has 0 amide bonds. The summed E-state index contributed by atoms with van der Waals surface area (Å²) in [4.78, 5) is 6.13. The van der Waals surface area contributed by atoms with Crippen molar-refractivity contribution < 1.29 is 37.2 Å². The summed E-state index contributed by atoms with van der Waals surface area (Å²) in [5.41, 5.74) is -2.76. The molecule has 2 unspecified atom stereocenters. The largest absolute Gasteiger partial charge is 0.496 e. The topological polar surface area (TPSA) is 72.8 Å². The first-order chi connectivity index (χ1) is 16.0. The molecule has 0 heterocycles. The highest BCUT2D eigenvalue weighted by Crippen LogP contribution is 2.45. The zero-order valence-corrected chi connectivity index (χ0v) is 21.1. The first-order valence-electron chi connectivity index (χ1n) is 11.6. The average Bonchev–Trinajstić information content (AvgIpc) is 2.80. The van der Waals surface area contributed by atoms with Crippen molar-refractivity contribution in [2.45, 2.75) is 65.0 Å². The van der Waals surface area contributed by atoms with Crippen LogP contribution >= 0.6 is 0 Å². The van der Waals surface area contributed by atoms with Gasteiger partial charge in [-0.05, 0) is 44.7 Å². The fourth-order valence-electron chi connectivity index (χ4n) is 2.99. The lowest BCUT2D eigenvalue weighted by atomic mass is 9.91. The van der Waals surface area contributed by atoms with Gasteiger partial charge in [-0.1, -0.05) is 13.8 Å². The van der Waals surface area contributed by atoms with Crippen LogP contribution in [-0.4, -0.2) is 75.9 Å². The minimum Gasteiger partial charge on any atom is -0.496 e. The van der Waals surface area contributed by atoms with Crippen molar-refractivity contribution in [1.29, 1.82) is 0 Å². The molecule has 1 aromatic rings. The molecule has 0 fully saturated rings. The van der Waals surface area contributed by atoms with Crippen molar-refractivity contribution in [1.82, 2.24) is 4.90 Å². The fraction of sp³-hybridized carbons (Fsp3) is 0.708. The van der Waals surface area contributed by atoms with Crippen molar-refractivity contribution in [2.75, 3.05) is 47.1 Å². The number of hydrogen-bond donors (Lipinski definition) is 1. The van der Waals surface area contributed by atoms with Crippen molar-refractivity contribution >= 4 is 12.0 Å². The van der Waals surface area contributed by atoms with Gasteiger partial charge < -0.3 is 29.0 Å². The summed E-state index contributed by atoms with van der Waals surface area (Å²) in [5.74, 6) is -0.123. The SMILES string of the molecule is CCCOC(CC)OCCCOCC(O)(c1cc(C)c(/N=C/N(C)CC)cc1OC)C(F)(F)F. The van der Waals surface area contributed by atoms with Crippen LogP contribution in [0.5, 0.6) is 5.75 Å². The van der Waals surface area contributed by atoms with Crippen LogP contribution in [0.4, 0.5) is 18.9 Å². The van der Waals surface area contributed by atoms with E-state index in [4.69, 9.17) is 18.9 Å². The zero-order valence-electron chi connectivity index (χ0n) is 21.1. The molecule has 0 saturated carbocycles. The number of nitrogens with zero attached hydrogens (tertiary/aromatic N) is 2.